The Kier molecular flexibility index (Phi) is 13.3. The second kappa shape index (κ2) is 15.7. The molecule has 5 heteroatoms. The number of unbranched alkanes of at least 4 members (excludes halogenated alkanes) is 2. The van der Waals surface area contributed by atoms with Crippen LogP contribution >= 0.6 is 0 Å². The van der Waals surface area contributed by atoms with Crippen LogP contribution in [0.15, 0.2) is 23.8 Å². The fraction of sp³-hybridized carbons (Fsp3) is 0.821. The van der Waals surface area contributed by atoms with E-state index in [0.717, 1.165) is 70.6 Å². The van der Waals surface area contributed by atoms with Crippen molar-refractivity contribution in [3.8, 4) is 0 Å². The van der Waals surface area contributed by atoms with Crippen molar-refractivity contribution in [1.82, 2.24) is 0 Å². The first-order chi connectivity index (χ1) is 15.9. The number of hydrogen-bond acceptors (Lipinski definition) is 5. The average Bonchev–Trinajstić information content (AvgIpc) is 3.16. The van der Waals surface area contributed by atoms with E-state index >= 15 is 0 Å². The number of esters is 1. The maximum Gasteiger partial charge on any atom is 0.335 e. The highest BCUT2D eigenvalue weighted by Crippen LogP contribution is 2.37. The molecule has 6 atom stereocenters. The number of allylic oxidation sites excluding steroid dienone is 4. The number of ether oxygens (including phenoxy) is 3. The molecule has 1 heterocycles. The van der Waals surface area contributed by atoms with E-state index in [1.54, 1.807) is 0 Å². The van der Waals surface area contributed by atoms with Crippen LogP contribution in [0.5, 0.6) is 0 Å². The fourth-order valence-corrected chi connectivity index (χ4v) is 5.00. The lowest BCUT2D eigenvalue weighted by Crippen LogP contribution is -2.33. The molecule has 4 unspecified atom stereocenters. The molecule has 0 radical (unpaired) electrons. The SMILES string of the molecule is COC(=O)C(CCCCC[C@H]1C(O)CC[C@@H]1C=CCC(C)CC=C(C)C)OC1CCCCO1. The zero-order valence-corrected chi connectivity index (χ0v) is 21.5. The molecule has 2 rings (SSSR count). The molecule has 33 heavy (non-hydrogen) atoms. The van der Waals surface area contributed by atoms with Crippen molar-refractivity contribution in [2.24, 2.45) is 17.8 Å². The van der Waals surface area contributed by atoms with Crippen molar-refractivity contribution in [3.05, 3.63) is 23.8 Å². The Morgan fingerprint density at radius 3 is 2.64 bits per heavy atom. The van der Waals surface area contributed by atoms with Crippen molar-refractivity contribution in [3.63, 3.8) is 0 Å². The number of methoxy groups -OCH3 is 1. The summed E-state index contributed by atoms with van der Waals surface area (Å²) in [5, 5.41) is 10.5. The van der Waals surface area contributed by atoms with E-state index in [0.29, 0.717) is 30.8 Å². The lowest BCUT2D eigenvalue weighted by molar-refractivity contribution is -0.203. The van der Waals surface area contributed by atoms with Gasteiger partial charge in [0, 0.05) is 6.61 Å². The van der Waals surface area contributed by atoms with Gasteiger partial charge in [-0.2, -0.15) is 0 Å². The topological polar surface area (TPSA) is 65.0 Å². The Hall–Kier alpha value is -1.17. The molecule has 0 aromatic heterocycles. The number of hydrogen-bond donors (Lipinski definition) is 1. The first kappa shape index (κ1) is 28.1. The summed E-state index contributed by atoms with van der Waals surface area (Å²) < 4.78 is 16.5. The molecule has 1 saturated heterocycles. The Balaban J connectivity index is 1.70. The summed E-state index contributed by atoms with van der Waals surface area (Å²) in [6, 6.07) is 0. The zero-order valence-electron chi connectivity index (χ0n) is 21.5. The van der Waals surface area contributed by atoms with Gasteiger partial charge in [0.1, 0.15) is 0 Å². The maximum absolute atomic E-state index is 12.1. The maximum atomic E-state index is 12.1. The molecule has 2 fully saturated rings. The average molecular weight is 465 g/mol. The Morgan fingerprint density at radius 2 is 1.94 bits per heavy atom. The molecule has 0 amide bonds. The highest BCUT2D eigenvalue weighted by Gasteiger charge is 2.32. The molecule has 0 aromatic rings. The fourth-order valence-electron chi connectivity index (χ4n) is 5.00. The van der Waals surface area contributed by atoms with E-state index in [9.17, 15) is 9.90 Å². The van der Waals surface area contributed by atoms with Crippen LogP contribution in [0, 0.1) is 17.8 Å². The van der Waals surface area contributed by atoms with Crippen LogP contribution in [-0.4, -0.2) is 43.3 Å². The molecule has 2 aliphatic rings. The van der Waals surface area contributed by atoms with Gasteiger partial charge in [0.15, 0.2) is 12.4 Å². The predicted octanol–water partition coefficient (Wildman–Crippen LogP) is 6.35. The van der Waals surface area contributed by atoms with Crippen LogP contribution in [0.4, 0.5) is 0 Å². The summed E-state index contributed by atoms with van der Waals surface area (Å²) in [5.74, 6) is 1.20. The number of carbonyl (C=O) groups is 1. The molecular formula is C28H48O5. The highest BCUT2D eigenvalue weighted by atomic mass is 16.7. The minimum atomic E-state index is -0.542. The standard InChI is InChI=1S/C28H48O5/c1-21(2)16-17-22(3)11-10-12-23-18-19-25(29)24(23)13-6-5-7-14-26(28(30)31-4)33-27-15-8-9-20-32-27/h10,12,16,22-27,29H,5-9,11,13-15,17-20H2,1-4H3/t22?,23-,24+,25?,26?,27?/m0/s1. The molecule has 1 N–H and O–H groups in total. The van der Waals surface area contributed by atoms with Crippen LogP contribution in [-0.2, 0) is 19.0 Å². The summed E-state index contributed by atoms with van der Waals surface area (Å²) in [5.41, 5.74) is 1.39. The number of carbonyl (C=O) groups excluding carboxylic acids is 1. The van der Waals surface area contributed by atoms with Crippen molar-refractivity contribution in [2.45, 2.75) is 116 Å². The number of aliphatic hydroxyl groups is 1. The van der Waals surface area contributed by atoms with Gasteiger partial charge in [0.25, 0.3) is 0 Å². The monoisotopic (exact) mass is 464 g/mol. The van der Waals surface area contributed by atoms with Crippen molar-refractivity contribution in [1.29, 1.82) is 0 Å². The third kappa shape index (κ3) is 10.7. The minimum absolute atomic E-state index is 0.183. The predicted molar refractivity (Wildman–Crippen MR) is 133 cm³/mol. The van der Waals surface area contributed by atoms with Crippen molar-refractivity contribution < 1.29 is 24.1 Å². The van der Waals surface area contributed by atoms with Gasteiger partial charge >= 0.3 is 5.97 Å². The first-order valence-corrected chi connectivity index (χ1v) is 13.2. The smallest absolute Gasteiger partial charge is 0.335 e. The second-order valence-corrected chi connectivity index (χ2v) is 10.3. The van der Waals surface area contributed by atoms with E-state index in [2.05, 4.69) is 39.0 Å². The first-order valence-electron chi connectivity index (χ1n) is 13.2. The third-order valence-corrected chi connectivity index (χ3v) is 7.11. The largest absolute Gasteiger partial charge is 0.467 e. The zero-order chi connectivity index (χ0) is 24.1. The molecule has 1 aliphatic carbocycles. The van der Waals surface area contributed by atoms with Crippen molar-refractivity contribution in [2.75, 3.05) is 13.7 Å². The van der Waals surface area contributed by atoms with Crippen molar-refractivity contribution >= 4 is 5.97 Å². The third-order valence-electron chi connectivity index (χ3n) is 7.11. The Labute approximate surface area is 201 Å². The van der Waals surface area contributed by atoms with Crippen LogP contribution in [0.1, 0.15) is 97.8 Å². The molecule has 190 valence electrons. The molecular weight excluding hydrogens is 416 g/mol. The lowest BCUT2D eigenvalue weighted by atomic mass is 9.88. The van der Waals surface area contributed by atoms with Gasteiger partial charge in [-0.25, -0.2) is 4.79 Å². The molecule has 0 aromatic carbocycles. The molecule has 0 spiro atoms. The normalized spacial score (nSPS) is 27.4. The molecule has 1 saturated carbocycles. The van der Waals surface area contributed by atoms with Gasteiger partial charge in [-0.15, -0.1) is 0 Å². The highest BCUT2D eigenvalue weighted by molar-refractivity contribution is 5.74. The van der Waals surface area contributed by atoms with Gasteiger partial charge in [0.2, 0.25) is 0 Å². The van der Waals surface area contributed by atoms with Gasteiger partial charge in [-0.3, -0.25) is 0 Å². The van der Waals surface area contributed by atoms with Gasteiger partial charge in [0.05, 0.1) is 13.2 Å². The Bertz CT molecular complexity index is 603. The van der Waals surface area contributed by atoms with E-state index in [4.69, 9.17) is 14.2 Å². The van der Waals surface area contributed by atoms with Crippen LogP contribution in [0.2, 0.25) is 0 Å². The molecule has 0 bridgehead atoms. The number of rotatable bonds is 14. The van der Waals surface area contributed by atoms with E-state index in [-0.39, 0.29) is 18.4 Å². The molecule has 5 nitrogen and oxygen atoms in total. The van der Waals surface area contributed by atoms with Gasteiger partial charge < -0.3 is 19.3 Å². The summed E-state index contributed by atoms with van der Waals surface area (Å²) in [6.07, 6.45) is 17.9. The quantitative estimate of drug-likeness (QED) is 0.184. The van der Waals surface area contributed by atoms with E-state index in [1.165, 1.54) is 12.7 Å². The summed E-state index contributed by atoms with van der Waals surface area (Å²) in [6.45, 7) is 7.31. The van der Waals surface area contributed by atoms with Gasteiger partial charge in [-0.1, -0.05) is 50.0 Å². The second-order valence-electron chi connectivity index (χ2n) is 10.3. The van der Waals surface area contributed by atoms with E-state index < -0.39 is 6.10 Å². The molecule has 1 aliphatic heterocycles. The van der Waals surface area contributed by atoms with Crippen LogP contribution < -0.4 is 0 Å². The Morgan fingerprint density at radius 1 is 1.12 bits per heavy atom. The van der Waals surface area contributed by atoms with Gasteiger partial charge in [-0.05, 0) is 89.4 Å². The summed E-state index contributed by atoms with van der Waals surface area (Å²) in [7, 11) is 1.41. The van der Waals surface area contributed by atoms with Crippen LogP contribution in [0.3, 0.4) is 0 Å². The van der Waals surface area contributed by atoms with E-state index in [1.807, 2.05) is 0 Å². The lowest BCUT2D eigenvalue weighted by Gasteiger charge is -2.26. The van der Waals surface area contributed by atoms with Crippen LogP contribution in [0.25, 0.3) is 0 Å². The number of aliphatic hydroxyl groups excluding tert-OH is 1. The minimum Gasteiger partial charge on any atom is -0.467 e. The summed E-state index contributed by atoms with van der Waals surface area (Å²) >= 11 is 0. The summed E-state index contributed by atoms with van der Waals surface area (Å²) in [4.78, 5) is 12.1.